The smallest absolute Gasteiger partial charge is 0.242 e. The van der Waals surface area contributed by atoms with Crippen LogP contribution in [0.15, 0.2) is 17.0 Å². The standard InChI is InChI=1S/C14H21Cl2N3O3S.2ClH/c1-22-13-9-12(16)14(10-11(13)15)23(20,21)18-3-2-6-19-7-4-17-5-8-19;;/h9-10,17-18H,2-8H2,1H3;2*1H. The summed E-state index contributed by atoms with van der Waals surface area (Å²) in [6, 6.07) is 2.71. The number of hydrogen-bond acceptors (Lipinski definition) is 5. The number of sulfonamides is 1. The van der Waals surface area contributed by atoms with Gasteiger partial charge >= 0.3 is 0 Å². The van der Waals surface area contributed by atoms with Crippen molar-refractivity contribution < 1.29 is 13.2 Å². The van der Waals surface area contributed by atoms with Crippen LogP contribution in [0, 0.1) is 0 Å². The molecule has 1 saturated heterocycles. The Bertz CT molecular complexity index is 640. The monoisotopic (exact) mass is 453 g/mol. The lowest BCUT2D eigenvalue weighted by Gasteiger charge is -2.27. The molecule has 1 heterocycles. The molecule has 1 fully saturated rings. The number of hydrogen-bond donors (Lipinski definition) is 2. The van der Waals surface area contributed by atoms with Gasteiger partial charge in [-0.15, -0.1) is 24.8 Å². The van der Waals surface area contributed by atoms with E-state index in [0.29, 0.717) is 12.3 Å². The highest BCUT2D eigenvalue weighted by molar-refractivity contribution is 7.89. The van der Waals surface area contributed by atoms with Gasteiger partial charge in [0.05, 0.1) is 17.2 Å². The number of nitrogens with one attached hydrogen (secondary N) is 2. The van der Waals surface area contributed by atoms with Gasteiger partial charge in [0, 0.05) is 38.8 Å². The summed E-state index contributed by atoms with van der Waals surface area (Å²) in [5, 5.41) is 3.57. The van der Waals surface area contributed by atoms with Crippen molar-refractivity contribution in [3.63, 3.8) is 0 Å². The topological polar surface area (TPSA) is 70.7 Å². The minimum Gasteiger partial charge on any atom is -0.495 e. The molecule has 0 aromatic heterocycles. The number of ether oxygens (including phenoxy) is 1. The summed E-state index contributed by atoms with van der Waals surface area (Å²) in [5.74, 6) is 0.342. The highest BCUT2D eigenvalue weighted by Gasteiger charge is 2.20. The minimum atomic E-state index is -3.69. The molecule has 0 radical (unpaired) electrons. The van der Waals surface area contributed by atoms with Crippen molar-refractivity contribution in [1.29, 1.82) is 0 Å². The van der Waals surface area contributed by atoms with E-state index in [2.05, 4.69) is 14.9 Å². The highest BCUT2D eigenvalue weighted by Crippen LogP contribution is 2.33. The average molecular weight is 455 g/mol. The zero-order chi connectivity index (χ0) is 16.9. The van der Waals surface area contributed by atoms with Crippen LogP contribution in [0.4, 0.5) is 0 Å². The van der Waals surface area contributed by atoms with Crippen LogP contribution in [0.2, 0.25) is 10.0 Å². The van der Waals surface area contributed by atoms with E-state index in [1.807, 2.05) is 0 Å². The normalized spacial score (nSPS) is 15.2. The summed E-state index contributed by atoms with van der Waals surface area (Å²) in [7, 11) is -2.25. The number of benzene rings is 1. The lowest BCUT2D eigenvalue weighted by Crippen LogP contribution is -2.44. The quantitative estimate of drug-likeness (QED) is 0.619. The maximum atomic E-state index is 12.3. The van der Waals surface area contributed by atoms with Crippen LogP contribution in [0.25, 0.3) is 0 Å². The molecule has 0 saturated carbocycles. The minimum absolute atomic E-state index is 0. The molecule has 0 amide bonds. The van der Waals surface area contributed by atoms with Crippen LogP contribution in [-0.2, 0) is 10.0 Å². The summed E-state index contributed by atoms with van der Waals surface area (Å²) in [6.45, 7) is 5.16. The molecule has 2 rings (SSSR count). The van der Waals surface area contributed by atoms with Gasteiger partial charge in [0.2, 0.25) is 10.0 Å². The second-order valence-electron chi connectivity index (χ2n) is 5.26. The molecular weight excluding hydrogens is 432 g/mol. The van der Waals surface area contributed by atoms with E-state index in [9.17, 15) is 8.42 Å². The molecule has 0 bridgehead atoms. The van der Waals surface area contributed by atoms with Crippen LogP contribution in [0.1, 0.15) is 6.42 Å². The van der Waals surface area contributed by atoms with Gasteiger partial charge in [0.25, 0.3) is 0 Å². The van der Waals surface area contributed by atoms with E-state index in [1.54, 1.807) is 0 Å². The molecule has 25 heavy (non-hydrogen) atoms. The van der Waals surface area contributed by atoms with Gasteiger partial charge in [0.1, 0.15) is 10.6 Å². The fourth-order valence-electron chi connectivity index (χ4n) is 2.39. The molecular formula is C14H23Cl4N3O3S. The Morgan fingerprint density at radius 1 is 1.20 bits per heavy atom. The van der Waals surface area contributed by atoms with Crippen LogP contribution < -0.4 is 14.8 Å². The van der Waals surface area contributed by atoms with Crippen LogP contribution in [0.3, 0.4) is 0 Å². The van der Waals surface area contributed by atoms with E-state index in [1.165, 1.54) is 19.2 Å². The molecule has 0 atom stereocenters. The molecule has 1 aromatic rings. The number of nitrogens with zero attached hydrogens (tertiary/aromatic N) is 1. The lowest BCUT2D eigenvalue weighted by molar-refractivity contribution is 0.239. The number of rotatable bonds is 7. The number of methoxy groups -OCH3 is 1. The Balaban J connectivity index is 0.00000288. The summed E-state index contributed by atoms with van der Waals surface area (Å²) in [4.78, 5) is 2.27. The second-order valence-corrected chi connectivity index (χ2v) is 7.81. The summed E-state index contributed by atoms with van der Waals surface area (Å²) in [6.07, 6.45) is 0.737. The summed E-state index contributed by atoms with van der Waals surface area (Å²) >= 11 is 12.0. The molecule has 1 aliphatic heterocycles. The van der Waals surface area contributed by atoms with Crippen LogP contribution in [-0.4, -0.2) is 59.7 Å². The Labute approximate surface area is 171 Å². The van der Waals surface area contributed by atoms with Gasteiger partial charge in [0.15, 0.2) is 0 Å². The third-order valence-electron chi connectivity index (χ3n) is 3.65. The van der Waals surface area contributed by atoms with E-state index >= 15 is 0 Å². The lowest BCUT2D eigenvalue weighted by atomic mass is 10.3. The van der Waals surface area contributed by atoms with Crippen molar-refractivity contribution in [3.8, 4) is 5.75 Å². The van der Waals surface area contributed by atoms with E-state index in [0.717, 1.165) is 39.1 Å². The zero-order valence-corrected chi connectivity index (χ0v) is 17.7. The average Bonchev–Trinajstić information content (AvgIpc) is 2.54. The fourth-order valence-corrected chi connectivity index (χ4v) is 4.32. The van der Waals surface area contributed by atoms with Crippen molar-refractivity contribution in [3.05, 3.63) is 22.2 Å². The summed E-state index contributed by atoms with van der Waals surface area (Å²) in [5.41, 5.74) is 0. The van der Waals surface area contributed by atoms with E-state index < -0.39 is 10.0 Å². The van der Waals surface area contributed by atoms with Gasteiger partial charge in [-0.1, -0.05) is 23.2 Å². The van der Waals surface area contributed by atoms with Gasteiger partial charge in [-0.3, -0.25) is 0 Å². The first-order chi connectivity index (χ1) is 10.9. The number of halogens is 4. The molecule has 6 nitrogen and oxygen atoms in total. The van der Waals surface area contributed by atoms with Crippen molar-refractivity contribution >= 4 is 58.0 Å². The zero-order valence-electron chi connectivity index (χ0n) is 13.8. The fraction of sp³-hybridized carbons (Fsp3) is 0.571. The highest BCUT2D eigenvalue weighted by atomic mass is 35.5. The SMILES string of the molecule is COc1cc(Cl)c(S(=O)(=O)NCCCN2CCNCC2)cc1Cl.Cl.Cl. The molecule has 1 aliphatic rings. The second kappa shape index (κ2) is 11.7. The predicted octanol–water partition coefficient (Wildman–Crippen LogP) is 2.42. The van der Waals surface area contributed by atoms with Crippen LogP contribution >= 0.6 is 48.0 Å². The molecule has 0 spiro atoms. The van der Waals surface area contributed by atoms with Gasteiger partial charge < -0.3 is 15.0 Å². The van der Waals surface area contributed by atoms with Crippen molar-refractivity contribution in [2.75, 3.05) is 46.4 Å². The van der Waals surface area contributed by atoms with Crippen molar-refractivity contribution in [1.82, 2.24) is 14.9 Å². The molecule has 146 valence electrons. The maximum Gasteiger partial charge on any atom is 0.242 e. The number of piperazine rings is 1. The van der Waals surface area contributed by atoms with E-state index in [4.69, 9.17) is 27.9 Å². The Morgan fingerprint density at radius 2 is 1.84 bits per heavy atom. The first-order valence-corrected chi connectivity index (χ1v) is 9.64. The molecule has 2 N–H and O–H groups in total. The van der Waals surface area contributed by atoms with E-state index in [-0.39, 0.29) is 39.8 Å². The summed E-state index contributed by atoms with van der Waals surface area (Å²) < 4.78 is 32.3. The third-order valence-corrected chi connectivity index (χ3v) is 5.87. The molecule has 1 aromatic carbocycles. The largest absolute Gasteiger partial charge is 0.495 e. The van der Waals surface area contributed by atoms with Gasteiger partial charge in [-0.2, -0.15) is 0 Å². The third kappa shape index (κ3) is 7.27. The molecule has 0 aliphatic carbocycles. The first-order valence-electron chi connectivity index (χ1n) is 7.40. The van der Waals surface area contributed by atoms with Gasteiger partial charge in [-0.25, -0.2) is 13.1 Å². The van der Waals surface area contributed by atoms with Crippen LogP contribution in [0.5, 0.6) is 5.75 Å². The van der Waals surface area contributed by atoms with Crippen molar-refractivity contribution in [2.45, 2.75) is 11.3 Å². The predicted molar refractivity (Wildman–Crippen MR) is 107 cm³/mol. The molecule has 11 heteroatoms. The molecule has 0 unspecified atom stereocenters. The Hall–Kier alpha value is 0.01000. The Kier molecular flexibility index (Phi) is 11.7. The van der Waals surface area contributed by atoms with Crippen molar-refractivity contribution in [2.24, 2.45) is 0 Å². The maximum absolute atomic E-state index is 12.3. The van der Waals surface area contributed by atoms with Gasteiger partial charge in [-0.05, 0) is 19.0 Å². The first kappa shape index (κ1) is 25.0. The Morgan fingerprint density at radius 3 is 2.44 bits per heavy atom.